The van der Waals surface area contributed by atoms with E-state index in [1.54, 1.807) is 42.5 Å². The van der Waals surface area contributed by atoms with Gasteiger partial charge in [-0.25, -0.2) is 4.79 Å². The van der Waals surface area contributed by atoms with E-state index in [9.17, 15) is 35.1 Å². The Morgan fingerprint density at radius 1 is 0.944 bits per heavy atom. The van der Waals surface area contributed by atoms with Crippen LogP contribution in [-0.2, 0) is 36.8 Å². The number of aliphatic hydroxyl groups is 5. The Morgan fingerprint density at radius 2 is 1.61 bits per heavy atom. The molecule has 0 unspecified atom stereocenters. The third-order valence-corrected chi connectivity index (χ3v) is 5.78. The number of aliphatic hydroxyl groups excluding tert-OH is 4. The lowest BCUT2D eigenvalue weighted by molar-refractivity contribution is -0.277. The first-order valence-corrected chi connectivity index (χ1v) is 11.2. The average Bonchev–Trinajstić information content (AvgIpc) is 2.88. The number of benzene rings is 2. The lowest BCUT2D eigenvalue weighted by Gasteiger charge is -2.39. The zero-order valence-corrected chi connectivity index (χ0v) is 19.6. The molecule has 0 saturated carbocycles. The van der Waals surface area contributed by atoms with E-state index in [0.717, 1.165) is 7.11 Å². The van der Waals surface area contributed by atoms with Crippen LogP contribution in [0.15, 0.2) is 54.6 Å². The van der Waals surface area contributed by atoms with Crippen molar-refractivity contribution in [3.05, 3.63) is 65.7 Å². The number of methoxy groups -OCH3 is 1. The van der Waals surface area contributed by atoms with Crippen LogP contribution in [0, 0.1) is 0 Å². The van der Waals surface area contributed by atoms with Gasteiger partial charge in [-0.15, -0.1) is 0 Å². The van der Waals surface area contributed by atoms with Crippen molar-refractivity contribution >= 4 is 11.9 Å². The summed E-state index contributed by atoms with van der Waals surface area (Å²) in [6.45, 7) is -0.793. The van der Waals surface area contributed by atoms with E-state index in [4.69, 9.17) is 14.2 Å². The standard InChI is InChI=1S/C25H30O11/c1-33-19(27)12-25(32,11-15-5-3-2-4-6-15)24(31)34-14-16-7-9-17(10-8-16)35-23-22(30)21(29)20(28)18(13-26)36-23/h2-10,18,20-23,26,28-30,32H,11-14H2,1H3/t18-,20-,21+,22-,23-,25-/m1/s1. The third-order valence-electron chi connectivity index (χ3n) is 5.78. The summed E-state index contributed by atoms with van der Waals surface area (Å²) in [4.78, 5) is 24.6. The van der Waals surface area contributed by atoms with Gasteiger partial charge in [-0.2, -0.15) is 0 Å². The summed E-state index contributed by atoms with van der Waals surface area (Å²) in [5, 5.41) is 50.0. The van der Waals surface area contributed by atoms with Gasteiger partial charge in [-0.05, 0) is 23.3 Å². The smallest absolute Gasteiger partial charge is 0.339 e. The molecule has 6 atom stereocenters. The highest BCUT2D eigenvalue weighted by Crippen LogP contribution is 2.25. The van der Waals surface area contributed by atoms with E-state index in [1.165, 1.54) is 12.1 Å². The molecule has 1 aliphatic heterocycles. The van der Waals surface area contributed by atoms with Crippen LogP contribution in [0.2, 0.25) is 0 Å². The van der Waals surface area contributed by atoms with Crippen molar-refractivity contribution in [3.63, 3.8) is 0 Å². The van der Waals surface area contributed by atoms with E-state index in [1.807, 2.05) is 0 Å². The molecule has 0 aromatic heterocycles. The first-order valence-electron chi connectivity index (χ1n) is 11.2. The van der Waals surface area contributed by atoms with Gasteiger partial charge < -0.3 is 44.5 Å². The molecule has 11 heteroatoms. The maximum atomic E-state index is 12.8. The number of rotatable bonds is 10. The Morgan fingerprint density at radius 3 is 2.22 bits per heavy atom. The Hall–Kier alpha value is -3.06. The zero-order chi connectivity index (χ0) is 26.3. The summed E-state index contributed by atoms with van der Waals surface area (Å²) >= 11 is 0. The Balaban J connectivity index is 1.61. The normalized spacial score (nSPS) is 25.4. The fourth-order valence-electron chi connectivity index (χ4n) is 3.70. The van der Waals surface area contributed by atoms with Crippen LogP contribution in [0.25, 0.3) is 0 Å². The molecular formula is C25H30O11. The first-order chi connectivity index (χ1) is 17.2. The molecule has 2 aromatic carbocycles. The summed E-state index contributed by atoms with van der Waals surface area (Å²) in [5.74, 6) is -1.51. The molecule has 196 valence electrons. The van der Waals surface area contributed by atoms with Gasteiger partial charge in [0.2, 0.25) is 6.29 Å². The summed E-state index contributed by atoms with van der Waals surface area (Å²) < 4.78 is 20.7. The van der Waals surface area contributed by atoms with Crippen molar-refractivity contribution in [1.82, 2.24) is 0 Å². The zero-order valence-electron chi connectivity index (χ0n) is 19.6. The van der Waals surface area contributed by atoms with E-state index in [0.29, 0.717) is 11.1 Å². The van der Waals surface area contributed by atoms with Crippen LogP contribution in [0.1, 0.15) is 17.5 Å². The average molecular weight is 507 g/mol. The van der Waals surface area contributed by atoms with Crippen molar-refractivity contribution in [3.8, 4) is 5.75 Å². The molecule has 0 aliphatic carbocycles. The number of hydrogen-bond donors (Lipinski definition) is 5. The maximum absolute atomic E-state index is 12.8. The highest BCUT2D eigenvalue weighted by Gasteiger charge is 2.45. The van der Waals surface area contributed by atoms with E-state index in [-0.39, 0.29) is 18.8 Å². The number of carbonyl (C=O) groups is 2. The number of hydrogen-bond acceptors (Lipinski definition) is 11. The van der Waals surface area contributed by atoms with Gasteiger partial charge in [0.15, 0.2) is 5.60 Å². The van der Waals surface area contributed by atoms with Crippen LogP contribution in [0.5, 0.6) is 5.75 Å². The van der Waals surface area contributed by atoms with E-state index in [2.05, 4.69) is 4.74 Å². The van der Waals surface area contributed by atoms with Gasteiger partial charge in [-0.3, -0.25) is 4.79 Å². The van der Waals surface area contributed by atoms with Crippen molar-refractivity contribution in [2.24, 2.45) is 0 Å². The summed E-state index contributed by atoms with van der Waals surface area (Å²) in [7, 11) is 1.16. The first kappa shape index (κ1) is 27.5. The molecule has 2 aromatic rings. The molecule has 1 heterocycles. The monoisotopic (exact) mass is 506 g/mol. The lowest BCUT2D eigenvalue weighted by Crippen LogP contribution is -2.60. The van der Waals surface area contributed by atoms with Gasteiger partial charge in [0.05, 0.1) is 20.1 Å². The van der Waals surface area contributed by atoms with Gasteiger partial charge in [0.1, 0.15) is 36.8 Å². The van der Waals surface area contributed by atoms with Crippen molar-refractivity contribution in [2.75, 3.05) is 13.7 Å². The maximum Gasteiger partial charge on any atom is 0.339 e. The van der Waals surface area contributed by atoms with Crippen molar-refractivity contribution in [2.45, 2.75) is 55.8 Å². The van der Waals surface area contributed by atoms with Gasteiger partial charge in [-0.1, -0.05) is 42.5 Å². The van der Waals surface area contributed by atoms with Crippen LogP contribution in [0.3, 0.4) is 0 Å². The summed E-state index contributed by atoms with van der Waals surface area (Å²) in [6.07, 6.45) is -7.79. The molecule has 36 heavy (non-hydrogen) atoms. The largest absolute Gasteiger partial charge is 0.469 e. The minimum Gasteiger partial charge on any atom is -0.469 e. The Labute approximate surface area is 207 Å². The topological polar surface area (TPSA) is 172 Å². The quantitative estimate of drug-likeness (QED) is 0.262. The van der Waals surface area contributed by atoms with Crippen molar-refractivity contribution in [1.29, 1.82) is 0 Å². The molecule has 1 saturated heterocycles. The molecule has 11 nitrogen and oxygen atoms in total. The second-order valence-electron chi connectivity index (χ2n) is 8.48. The Kier molecular flexibility index (Phi) is 9.37. The molecule has 0 amide bonds. The third kappa shape index (κ3) is 6.78. The van der Waals surface area contributed by atoms with Gasteiger partial charge in [0, 0.05) is 6.42 Å². The van der Waals surface area contributed by atoms with Crippen LogP contribution >= 0.6 is 0 Å². The SMILES string of the molecule is COC(=O)C[C@](O)(Cc1ccccc1)C(=O)OCc1ccc(O[C@@H]2O[C@H](CO)[C@@H](O)[C@H](O)[C@H]2O)cc1. The van der Waals surface area contributed by atoms with Crippen molar-refractivity contribution < 1.29 is 54.1 Å². The molecule has 0 radical (unpaired) electrons. The second-order valence-corrected chi connectivity index (χ2v) is 8.48. The van der Waals surface area contributed by atoms with E-state index >= 15 is 0 Å². The molecule has 3 rings (SSSR count). The molecular weight excluding hydrogens is 476 g/mol. The molecule has 0 bridgehead atoms. The lowest BCUT2D eigenvalue weighted by atomic mass is 9.91. The molecule has 1 aliphatic rings. The number of carbonyl (C=O) groups excluding carboxylic acids is 2. The van der Waals surface area contributed by atoms with Gasteiger partial charge >= 0.3 is 11.9 Å². The van der Waals surface area contributed by atoms with Crippen LogP contribution in [-0.4, -0.2) is 87.5 Å². The second kappa shape index (κ2) is 12.3. The summed E-state index contributed by atoms with van der Waals surface area (Å²) in [5.41, 5.74) is -0.958. The highest BCUT2D eigenvalue weighted by atomic mass is 16.7. The minimum absolute atomic E-state index is 0.145. The molecule has 0 spiro atoms. The van der Waals surface area contributed by atoms with Crippen LogP contribution < -0.4 is 4.74 Å². The minimum atomic E-state index is -2.12. The van der Waals surface area contributed by atoms with E-state index < -0.39 is 61.3 Å². The number of ether oxygens (including phenoxy) is 4. The highest BCUT2D eigenvalue weighted by molar-refractivity contribution is 5.86. The van der Waals surface area contributed by atoms with Crippen LogP contribution in [0.4, 0.5) is 0 Å². The Bertz CT molecular complexity index is 995. The predicted molar refractivity (Wildman–Crippen MR) is 122 cm³/mol. The van der Waals surface area contributed by atoms with Gasteiger partial charge in [0.25, 0.3) is 0 Å². The summed E-state index contributed by atoms with van der Waals surface area (Å²) in [6, 6.07) is 14.8. The predicted octanol–water partition coefficient (Wildman–Crippen LogP) is -0.555. The molecule has 5 N–H and O–H groups in total. The fourth-order valence-corrected chi connectivity index (χ4v) is 3.70. The fraction of sp³-hybridized carbons (Fsp3) is 0.440. The number of esters is 2. The molecule has 1 fully saturated rings.